The average molecular weight is 287 g/mol. The van der Waals surface area contributed by atoms with Gasteiger partial charge >= 0.3 is 0 Å². The van der Waals surface area contributed by atoms with Crippen LogP contribution in [0.5, 0.6) is 0 Å². The lowest BCUT2D eigenvalue weighted by Crippen LogP contribution is -2.65. The van der Waals surface area contributed by atoms with Crippen molar-refractivity contribution in [3.8, 4) is 0 Å². The van der Waals surface area contributed by atoms with Gasteiger partial charge in [-0.1, -0.05) is 13.8 Å². The summed E-state index contributed by atoms with van der Waals surface area (Å²) < 4.78 is 0. The van der Waals surface area contributed by atoms with E-state index in [1.54, 1.807) is 11.1 Å². The summed E-state index contributed by atoms with van der Waals surface area (Å²) in [5.41, 5.74) is 1.61. The highest BCUT2D eigenvalue weighted by atomic mass is 16.2. The van der Waals surface area contributed by atoms with Crippen LogP contribution in [0, 0.1) is 18.8 Å². The number of anilines is 1. The van der Waals surface area contributed by atoms with Crippen LogP contribution < -0.4 is 10.2 Å². The van der Waals surface area contributed by atoms with E-state index < -0.39 is 6.04 Å². The standard InChI is InChI=1S/C16H21N3O2/c1-9(2)14-15(20)18-13(11-5-6-11)16(21)19(14)12-7-4-10(3)17-8-12/h4,7-9,11,13-14H,5-6H2,1-3H3,(H,18,20). The summed E-state index contributed by atoms with van der Waals surface area (Å²) in [6.45, 7) is 5.83. The zero-order valence-electron chi connectivity index (χ0n) is 12.7. The average Bonchev–Trinajstić information content (AvgIpc) is 3.25. The quantitative estimate of drug-likeness (QED) is 0.919. The summed E-state index contributed by atoms with van der Waals surface area (Å²) in [6.07, 6.45) is 3.72. The molecule has 2 fully saturated rings. The zero-order valence-corrected chi connectivity index (χ0v) is 12.7. The lowest BCUT2D eigenvalue weighted by Gasteiger charge is -2.40. The number of aryl methyl sites for hydroxylation is 1. The molecule has 1 aliphatic carbocycles. The van der Waals surface area contributed by atoms with Crippen molar-refractivity contribution in [1.29, 1.82) is 0 Å². The van der Waals surface area contributed by atoms with Gasteiger partial charge in [-0.15, -0.1) is 0 Å². The van der Waals surface area contributed by atoms with E-state index in [4.69, 9.17) is 0 Å². The fourth-order valence-electron chi connectivity index (χ4n) is 2.94. The highest BCUT2D eigenvalue weighted by Gasteiger charge is 2.48. The van der Waals surface area contributed by atoms with Crippen molar-refractivity contribution in [1.82, 2.24) is 10.3 Å². The molecule has 5 nitrogen and oxygen atoms in total. The number of carbonyl (C=O) groups excluding carboxylic acids is 2. The van der Waals surface area contributed by atoms with Gasteiger partial charge in [0.15, 0.2) is 0 Å². The minimum absolute atomic E-state index is 0.00135. The molecule has 0 radical (unpaired) electrons. The summed E-state index contributed by atoms with van der Waals surface area (Å²) in [5, 5.41) is 2.92. The Morgan fingerprint density at radius 1 is 1.29 bits per heavy atom. The van der Waals surface area contributed by atoms with Gasteiger partial charge in [-0.3, -0.25) is 19.5 Å². The molecular formula is C16H21N3O2. The largest absolute Gasteiger partial charge is 0.342 e. The third-order valence-electron chi connectivity index (χ3n) is 4.25. The van der Waals surface area contributed by atoms with Gasteiger partial charge in [0.2, 0.25) is 5.91 Å². The van der Waals surface area contributed by atoms with E-state index in [-0.39, 0.29) is 23.8 Å². The minimum Gasteiger partial charge on any atom is -0.342 e. The van der Waals surface area contributed by atoms with Crippen molar-refractivity contribution < 1.29 is 9.59 Å². The second-order valence-electron chi connectivity index (χ2n) is 6.38. The molecule has 1 N–H and O–H groups in total. The van der Waals surface area contributed by atoms with Crippen molar-refractivity contribution >= 4 is 17.5 Å². The highest BCUT2D eigenvalue weighted by Crippen LogP contribution is 2.37. The van der Waals surface area contributed by atoms with Crippen LogP contribution in [-0.2, 0) is 9.59 Å². The minimum atomic E-state index is -0.461. The lowest BCUT2D eigenvalue weighted by atomic mass is 9.95. The molecule has 0 bridgehead atoms. The molecule has 1 saturated heterocycles. The summed E-state index contributed by atoms with van der Waals surface area (Å²) in [7, 11) is 0. The van der Waals surface area contributed by atoms with Crippen molar-refractivity contribution in [3.05, 3.63) is 24.0 Å². The molecule has 0 spiro atoms. The predicted molar refractivity (Wildman–Crippen MR) is 79.7 cm³/mol. The molecule has 5 heteroatoms. The van der Waals surface area contributed by atoms with Crippen LogP contribution in [0.25, 0.3) is 0 Å². The number of nitrogens with zero attached hydrogens (tertiary/aromatic N) is 2. The first kappa shape index (κ1) is 14.0. The van der Waals surface area contributed by atoms with E-state index in [0.717, 1.165) is 18.5 Å². The van der Waals surface area contributed by atoms with E-state index >= 15 is 0 Å². The maximum absolute atomic E-state index is 12.8. The third kappa shape index (κ3) is 2.52. The normalized spacial score (nSPS) is 26.2. The molecule has 0 aromatic carbocycles. The molecule has 21 heavy (non-hydrogen) atoms. The Kier molecular flexibility index (Phi) is 3.43. The fraction of sp³-hybridized carbons (Fsp3) is 0.562. The summed E-state index contributed by atoms with van der Waals surface area (Å²) >= 11 is 0. The number of hydrogen-bond donors (Lipinski definition) is 1. The number of hydrogen-bond acceptors (Lipinski definition) is 3. The van der Waals surface area contributed by atoms with Gasteiger partial charge in [0.25, 0.3) is 5.91 Å². The van der Waals surface area contributed by atoms with Crippen LogP contribution in [-0.4, -0.2) is 28.9 Å². The maximum Gasteiger partial charge on any atom is 0.250 e. The zero-order chi connectivity index (χ0) is 15.1. The first-order chi connectivity index (χ1) is 9.99. The predicted octanol–water partition coefficient (Wildman–Crippen LogP) is 1.66. The van der Waals surface area contributed by atoms with Crippen LogP contribution in [0.15, 0.2) is 18.3 Å². The van der Waals surface area contributed by atoms with E-state index in [0.29, 0.717) is 11.6 Å². The maximum atomic E-state index is 12.8. The Morgan fingerprint density at radius 3 is 2.52 bits per heavy atom. The third-order valence-corrected chi connectivity index (χ3v) is 4.25. The van der Waals surface area contributed by atoms with Crippen molar-refractivity contribution in [2.45, 2.75) is 45.7 Å². The van der Waals surface area contributed by atoms with E-state index in [1.165, 1.54) is 0 Å². The molecule has 1 aromatic heterocycles. The van der Waals surface area contributed by atoms with E-state index in [1.807, 2.05) is 32.9 Å². The van der Waals surface area contributed by atoms with Crippen molar-refractivity contribution in [2.75, 3.05) is 4.90 Å². The van der Waals surface area contributed by atoms with Crippen LogP contribution in [0.3, 0.4) is 0 Å². The molecular weight excluding hydrogens is 266 g/mol. The smallest absolute Gasteiger partial charge is 0.250 e. The molecule has 2 atom stereocenters. The first-order valence-corrected chi connectivity index (χ1v) is 7.55. The number of piperazine rings is 1. The highest BCUT2D eigenvalue weighted by molar-refractivity contribution is 6.08. The van der Waals surface area contributed by atoms with Gasteiger partial charge in [-0.2, -0.15) is 0 Å². The van der Waals surface area contributed by atoms with Crippen LogP contribution in [0.2, 0.25) is 0 Å². The Balaban J connectivity index is 1.99. The molecule has 1 aromatic rings. The van der Waals surface area contributed by atoms with Crippen molar-refractivity contribution in [2.24, 2.45) is 11.8 Å². The SMILES string of the molecule is Cc1ccc(N2C(=O)C(C3CC3)NC(=O)C2C(C)C)cn1. The van der Waals surface area contributed by atoms with Gasteiger partial charge in [0.1, 0.15) is 12.1 Å². The Labute approximate surface area is 124 Å². The molecule has 1 aliphatic heterocycles. The molecule has 2 aliphatic rings. The molecule has 2 amide bonds. The molecule has 3 rings (SSSR count). The van der Waals surface area contributed by atoms with Gasteiger partial charge < -0.3 is 5.32 Å². The number of rotatable bonds is 3. The molecule has 112 valence electrons. The number of nitrogens with one attached hydrogen (secondary N) is 1. The summed E-state index contributed by atoms with van der Waals surface area (Å²) in [5.74, 6) is 0.300. The Bertz CT molecular complexity index is 563. The lowest BCUT2D eigenvalue weighted by molar-refractivity contribution is -0.135. The van der Waals surface area contributed by atoms with Crippen LogP contribution in [0.4, 0.5) is 5.69 Å². The molecule has 2 unspecified atom stereocenters. The van der Waals surface area contributed by atoms with Gasteiger partial charge in [0.05, 0.1) is 11.9 Å². The molecule has 2 heterocycles. The van der Waals surface area contributed by atoms with Crippen LogP contribution >= 0.6 is 0 Å². The number of carbonyl (C=O) groups is 2. The molecule has 1 saturated carbocycles. The topological polar surface area (TPSA) is 62.3 Å². The fourth-order valence-corrected chi connectivity index (χ4v) is 2.94. The van der Waals surface area contributed by atoms with Crippen LogP contribution in [0.1, 0.15) is 32.4 Å². The Morgan fingerprint density at radius 2 is 2.00 bits per heavy atom. The number of amides is 2. The van der Waals surface area contributed by atoms with Gasteiger partial charge in [0, 0.05) is 5.69 Å². The number of pyridine rings is 1. The summed E-state index contributed by atoms with van der Waals surface area (Å²) in [4.78, 5) is 31.2. The first-order valence-electron chi connectivity index (χ1n) is 7.55. The summed E-state index contributed by atoms with van der Waals surface area (Å²) in [6, 6.07) is 2.92. The van der Waals surface area contributed by atoms with E-state index in [2.05, 4.69) is 10.3 Å². The second kappa shape index (κ2) is 5.13. The Hall–Kier alpha value is -1.91. The number of aromatic nitrogens is 1. The monoisotopic (exact) mass is 287 g/mol. The second-order valence-corrected chi connectivity index (χ2v) is 6.38. The van der Waals surface area contributed by atoms with Gasteiger partial charge in [-0.25, -0.2) is 0 Å². The van der Waals surface area contributed by atoms with E-state index in [9.17, 15) is 9.59 Å². The van der Waals surface area contributed by atoms with Crippen molar-refractivity contribution in [3.63, 3.8) is 0 Å². The van der Waals surface area contributed by atoms with Gasteiger partial charge in [-0.05, 0) is 43.7 Å².